The van der Waals surface area contributed by atoms with Crippen molar-refractivity contribution in [1.82, 2.24) is 9.88 Å². The zero-order chi connectivity index (χ0) is 15.1. The van der Waals surface area contributed by atoms with Crippen LogP contribution in [0, 0.1) is 0 Å². The highest BCUT2D eigenvalue weighted by Gasteiger charge is 2.05. The summed E-state index contributed by atoms with van der Waals surface area (Å²) >= 11 is 0. The normalized spacial score (nSPS) is 11.1. The van der Waals surface area contributed by atoms with Crippen LogP contribution in [0.25, 0.3) is 6.08 Å². The molecule has 0 aliphatic carbocycles. The third-order valence-corrected chi connectivity index (χ3v) is 3.08. The van der Waals surface area contributed by atoms with Crippen LogP contribution in [0.2, 0.25) is 0 Å². The number of hydrogen-bond donors (Lipinski definition) is 1. The van der Waals surface area contributed by atoms with E-state index in [1.807, 2.05) is 49.6 Å². The van der Waals surface area contributed by atoms with Gasteiger partial charge in [-0.2, -0.15) is 0 Å². The molecule has 4 nitrogen and oxygen atoms in total. The lowest BCUT2D eigenvalue weighted by Gasteiger charge is -2.18. The number of hydrogen-bond acceptors (Lipinski definition) is 3. The summed E-state index contributed by atoms with van der Waals surface area (Å²) in [6.07, 6.45) is 6.41. The molecule has 0 spiro atoms. The second-order valence-corrected chi connectivity index (χ2v) is 4.90. The number of nitrogens with zero attached hydrogens (tertiary/aromatic N) is 2. The van der Waals surface area contributed by atoms with Crippen molar-refractivity contribution in [2.24, 2.45) is 0 Å². The molecule has 0 radical (unpaired) electrons. The third-order valence-electron chi connectivity index (χ3n) is 3.08. The van der Waals surface area contributed by atoms with Gasteiger partial charge in [-0.15, -0.1) is 0 Å². The summed E-state index contributed by atoms with van der Waals surface area (Å²) in [5, 5.41) is 8.74. The fourth-order valence-corrected chi connectivity index (χ4v) is 2.15. The molecule has 4 heteroatoms. The predicted octanol–water partition coefficient (Wildman–Crippen LogP) is 2.81. The van der Waals surface area contributed by atoms with Gasteiger partial charge in [0.25, 0.3) is 0 Å². The lowest BCUT2D eigenvalue weighted by Crippen LogP contribution is -2.17. The van der Waals surface area contributed by atoms with Crippen molar-refractivity contribution >= 4 is 12.0 Å². The molecule has 108 valence electrons. The van der Waals surface area contributed by atoms with Crippen LogP contribution >= 0.6 is 0 Å². The Bertz CT molecular complexity index is 624. The number of rotatable bonds is 6. The predicted molar refractivity (Wildman–Crippen MR) is 82.5 cm³/mol. The SMILES string of the molecule is CN(Cc1cccnc1)Cc1ccccc1C=CC(=O)O. The summed E-state index contributed by atoms with van der Waals surface area (Å²) in [7, 11) is 2.03. The number of carbonyl (C=O) groups is 1. The van der Waals surface area contributed by atoms with E-state index in [4.69, 9.17) is 5.11 Å². The number of pyridine rings is 1. The van der Waals surface area contributed by atoms with Crippen molar-refractivity contribution in [3.63, 3.8) is 0 Å². The van der Waals surface area contributed by atoms with E-state index in [1.54, 1.807) is 12.3 Å². The molecule has 0 fully saturated rings. The number of benzene rings is 1. The summed E-state index contributed by atoms with van der Waals surface area (Å²) < 4.78 is 0. The topological polar surface area (TPSA) is 53.4 Å². The highest BCUT2D eigenvalue weighted by atomic mass is 16.4. The Morgan fingerprint density at radius 1 is 1.24 bits per heavy atom. The second kappa shape index (κ2) is 7.36. The van der Waals surface area contributed by atoms with Gasteiger partial charge in [-0.25, -0.2) is 4.79 Å². The zero-order valence-electron chi connectivity index (χ0n) is 11.9. The molecule has 0 amide bonds. The van der Waals surface area contributed by atoms with Crippen LogP contribution in [0.3, 0.4) is 0 Å². The molecule has 1 N–H and O–H groups in total. The van der Waals surface area contributed by atoms with Crippen LogP contribution in [0.1, 0.15) is 16.7 Å². The molecule has 0 unspecified atom stereocenters. The molecule has 2 rings (SSSR count). The first-order chi connectivity index (χ1) is 10.1. The fourth-order valence-electron chi connectivity index (χ4n) is 2.15. The Labute approximate surface area is 124 Å². The van der Waals surface area contributed by atoms with E-state index in [0.717, 1.165) is 29.8 Å². The maximum Gasteiger partial charge on any atom is 0.328 e. The molecule has 0 bridgehead atoms. The van der Waals surface area contributed by atoms with E-state index in [0.29, 0.717) is 0 Å². The van der Waals surface area contributed by atoms with E-state index in [-0.39, 0.29) is 0 Å². The van der Waals surface area contributed by atoms with Gasteiger partial charge in [0.2, 0.25) is 0 Å². The van der Waals surface area contributed by atoms with Gasteiger partial charge in [-0.1, -0.05) is 30.3 Å². The molecule has 2 aromatic rings. The van der Waals surface area contributed by atoms with Gasteiger partial charge in [0, 0.05) is 31.6 Å². The van der Waals surface area contributed by atoms with Gasteiger partial charge < -0.3 is 5.11 Å². The van der Waals surface area contributed by atoms with Crippen LogP contribution in [0.15, 0.2) is 54.9 Å². The van der Waals surface area contributed by atoms with Crippen molar-refractivity contribution in [1.29, 1.82) is 0 Å². The van der Waals surface area contributed by atoms with Crippen molar-refractivity contribution in [2.75, 3.05) is 7.05 Å². The highest BCUT2D eigenvalue weighted by Crippen LogP contribution is 2.14. The van der Waals surface area contributed by atoms with Crippen molar-refractivity contribution in [2.45, 2.75) is 13.1 Å². The molecule has 0 atom stereocenters. The lowest BCUT2D eigenvalue weighted by molar-refractivity contribution is -0.131. The van der Waals surface area contributed by atoms with Crippen molar-refractivity contribution in [3.05, 3.63) is 71.6 Å². The van der Waals surface area contributed by atoms with E-state index in [1.165, 1.54) is 6.08 Å². The molecule has 0 aliphatic heterocycles. The van der Waals surface area contributed by atoms with Crippen LogP contribution < -0.4 is 0 Å². The van der Waals surface area contributed by atoms with Gasteiger partial charge in [0.1, 0.15) is 0 Å². The molecular formula is C17H18N2O2. The minimum Gasteiger partial charge on any atom is -0.478 e. The summed E-state index contributed by atoms with van der Waals surface area (Å²) in [4.78, 5) is 16.9. The first kappa shape index (κ1) is 14.9. The molecule has 1 heterocycles. The summed E-state index contributed by atoms with van der Waals surface area (Å²) in [6.45, 7) is 1.54. The van der Waals surface area contributed by atoms with Gasteiger partial charge >= 0.3 is 5.97 Å². The fraction of sp³-hybridized carbons (Fsp3) is 0.176. The quantitative estimate of drug-likeness (QED) is 0.828. The molecular weight excluding hydrogens is 264 g/mol. The molecule has 21 heavy (non-hydrogen) atoms. The lowest BCUT2D eigenvalue weighted by atomic mass is 10.1. The Morgan fingerprint density at radius 2 is 2.05 bits per heavy atom. The van der Waals surface area contributed by atoms with Crippen LogP contribution in [0.4, 0.5) is 0 Å². The Hall–Kier alpha value is -2.46. The molecule has 1 aromatic heterocycles. The van der Waals surface area contributed by atoms with E-state index >= 15 is 0 Å². The van der Waals surface area contributed by atoms with Crippen LogP contribution in [-0.2, 0) is 17.9 Å². The maximum absolute atomic E-state index is 10.6. The van der Waals surface area contributed by atoms with Crippen molar-refractivity contribution in [3.8, 4) is 0 Å². The Morgan fingerprint density at radius 3 is 2.76 bits per heavy atom. The average molecular weight is 282 g/mol. The third kappa shape index (κ3) is 4.85. The van der Waals surface area contributed by atoms with Gasteiger partial charge in [-0.05, 0) is 35.9 Å². The van der Waals surface area contributed by atoms with E-state index in [9.17, 15) is 4.79 Å². The molecule has 1 aromatic carbocycles. The average Bonchev–Trinajstić information content (AvgIpc) is 2.47. The Kier molecular flexibility index (Phi) is 5.23. The number of aromatic nitrogens is 1. The largest absolute Gasteiger partial charge is 0.478 e. The van der Waals surface area contributed by atoms with Gasteiger partial charge in [-0.3, -0.25) is 9.88 Å². The minimum atomic E-state index is -0.937. The summed E-state index contributed by atoms with van der Waals surface area (Å²) in [5.41, 5.74) is 3.18. The summed E-state index contributed by atoms with van der Waals surface area (Å²) in [6, 6.07) is 11.8. The first-order valence-electron chi connectivity index (χ1n) is 6.71. The number of carboxylic acid groups (broad SMARTS) is 1. The standard InChI is InChI=1S/C17H18N2O2/c1-19(12-14-5-4-10-18-11-14)13-16-7-3-2-6-15(16)8-9-17(20)21/h2-11H,12-13H2,1H3,(H,20,21). The van der Waals surface area contributed by atoms with Crippen molar-refractivity contribution < 1.29 is 9.90 Å². The Balaban J connectivity index is 2.07. The minimum absolute atomic E-state index is 0.745. The highest BCUT2D eigenvalue weighted by molar-refractivity contribution is 5.85. The monoisotopic (exact) mass is 282 g/mol. The second-order valence-electron chi connectivity index (χ2n) is 4.90. The zero-order valence-corrected chi connectivity index (χ0v) is 11.9. The smallest absolute Gasteiger partial charge is 0.328 e. The molecule has 0 aliphatic rings. The van der Waals surface area contributed by atoms with Crippen LogP contribution in [-0.4, -0.2) is 28.0 Å². The van der Waals surface area contributed by atoms with E-state index < -0.39 is 5.97 Å². The number of aliphatic carboxylic acids is 1. The first-order valence-corrected chi connectivity index (χ1v) is 6.71. The van der Waals surface area contributed by atoms with E-state index in [2.05, 4.69) is 9.88 Å². The van der Waals surface area contributed by atoms with Gasteiger partial charge in [0.15, 0.2) is 0 Å². The number of carboxylic acids is 1. The maximum atomic E-state index is 10.6. The molecule has 0 saturated carbocycles. The molecule has 0 saturated heterocycles. The summed E-state index contributed by atoms with van der Waals surface area (Å²) in [5.74, 6) is -0.937. The van der Waals surface area contributed by atoms with Crippen LogP contribution in [0.5, 0.6) is 0 Å². The van der Waals surface area contributed by atoms with Gasteiger partial charge in [0.05, 0.1) is 0 Å².